The van der Waals surface area contributed by atoms with Gasteiger partial charge in [-0.1, -0.05) is 43.0 Å². The monoisotopic (exact) mass is 568 g/mol. The van der Waals surface area contributed by atoms with Gasteiger partial charge in [0.05, 0.1) is 6.61 Å². The van der Waals surface area contributed by atoms with Crippen LogP contribution < -0.4 is 20.1 Å². The molecule has 0 spiro atoms. The van der Waals surface area contributed by atoms with Crippen LogP contribution >= 0.6 is 24.0 Å². The van der Waals surface area contributed by atoms with Crippen molar-refractivity contribution in [2.24, 2.45) is 4.99 Å². The lowest BCUT2D eigenvalue weighted by atomic mass is 10.2. The molecule has 7 nitrogen and oxygen atoms in total. The van der Waals surface area contributed by atoms with E-state index in [-0.39, 0.29) is 24.0 Å². The largest absolute Gasteiger partial charge is 0.492 e. The minimum atomic E-state index is 0. The summed E-state index contributed by atoms with van der Waals surface area (Å²) < 4.78 is 16.7. The van der Waals surface area contributed by atoms with Crippen LogP contribution in [0, 0.1) is 0 Å². The lowest BCUT2D eigenvalue weighted by molar-refractivity contribution is 0.150. The van der Waals surface area contributed by atoms with Gasteiger partial charge in [-0.3, -0.25) is 4.99 Å². The fourth-order valence-corrected chi connectivity index (χ4v) is 2.95. The standard InChI is InChI=1S/C25H36N4O3.HI/c1-5-15-32-24-12-7-6-10-22(24)20-28-25(26-2)27-19-21-9-8-11-23(18-21)31-17-14-29(3)13-16-30-4;/h5-12,18H,1,13-17,19-20H2,2-4H3,(H2,26,27,28);1H. The van der Waals surface area contributed by atoms with Crippen LogP contribution in [0.4, 0.5) is 0 Å². The molecule has 33 heavy (non-hydrogen) atoms. The van der Waals surface area contributed by atoms with Crippen molar-refractivity contribution in [1.29, 1.82) is 0 Å². The van der Waals surface area contributed by atoms with Crippen molar-refractivity contribution in [3.8, 4) is 11.5 Å². The first kappa shape index (κ1) is 28.7. The van der Waals surface area contributed by atoms with Gasteiger partial charge in [0, 0.05) is 45.9 Å². The van der Waals surface area contributed by atoms with Gasteiger partial charge in [0.1, 0.15) is 24.7 Å². The van der Waals surface area contributed by atoms with Crippen molar-refractivity contribution in [2.75, 3.05) is 54.1 Å². The minimum absolute atomic E-state index is 0. The molecule has 0 radical (unpaired) electrons. The number of nitrogens with zero attached hydrogens (tertiary/aromatic N) is 2. The molecule has 2 N–H and O–H groups in total. The Morgan fingerprint density at radius 1 is 1.03 bits per heavy atom. The van der Waals surface area contributed by atoms with Gasteiger partial charge >= 0.3 is 0 Å². The van der Waals surface area contributed by atoms with Crippen molar-refractivity contribution in [3.63, 3.8) is 0 Å². The number of hydrogen-bond donors (Lipinski definition) is 2. The minimum Gasteiger partial charge on any atom is -0.492 e. The van der Waals surface area contributed by atoms with E-state index in [0.717, 1.165) is 48.3 Å². The summed E-state index contributed by atoms with van der Waals surface area (Å²) in [5.41, 5.74) is 2.18. The quantitative estimate of drug-likeness (QED) is 0.157. The molecule has 0 atom stereocenters. The highest BCUT2D eigenvalue weighted by atomic mass is 127. The average Bonchev–Trinajstić information content (AvgIpc) is 2.82. The fourth-order valence-electron chi connectivity index (χ4n) is 2.95. The van der Waals surface area contributed by atoms with E-state index in [1.54, 1.807) is 20.2 Å². The van der Waals surface area contributed by atoms with Crippen molar-refractivity contribution < 1.29 is 14.2 Å². The average molecular weight is 569 g/mol. The van der Waals surface area contributed by atoms with Crippen LogP contribution in [0.2, 0.25) is 0 Å². The van der Waals surface area contributed by atoms with E-state index >= 15 is 0 Å². The summed E-state index contributed by atoms with van der Waals surface area (Å²) in [5, 5.41) is 6.68. The maximum Gasteiger partial charge on any atom is 0.191 e. The van der Waals surface area contributed by atoms with E-state index in [9.17, 15) is 0 Å². The molecule has 0 fully saturated rings. The summed E-state index contributed by atoms with van der Waals surface area (Å²) >= 11 is 0. The predicted octanol–water partition coefficient (Wildman–Crippen LogP) is 3.69. The van der Waals surface area contributed by atoms with E-state index < -0.39 is 0 Å². The Kier molecular flexibility index (Phi) is 15.0. The molecule has 0 aromatic heterocycles. The van der Waals surface area contributed by atoms with Gasteiger partial charge in [-0.05, 0) is 30.8 Å². The van der Waals surface area contributed by atoms with Gasteiger partial charge in [0.25, 0.3) is 0 Å². The van der Waals surface area contributed by atoms with Gasteiger partial charge in [0.2, 0.25) is 0 Å². The number of halogens is 1. The Balaban J connectivity index is 0.00000544. The Morgan fingerprint density at radius 3 is 2.55 bits per heavy atom. The third-order valence-electron chi connectivity index (χ3n) is 4.78. The summed E-state index contributed by atoms with van der Waals surface area (Å²) in [7, 11) is 5.53. The maximum atomic E-state index is 5.90. The number of para-hydroxylation sites is 1. The van der Waals surface area contributed by atoms with Crippen LogP contribution in [0.1, 0.15) is 11.1 Å². The molecule has 8 heteroatoms. The van der Waals surface area contributed by atoms with E-state index in [0.29, 0.717) is 26.3 Å². The van der Waals surface area contributed by atoms with Crippen LogP contribution in [0.15, 0.2) is 66.2 Å². The van der Waals surface area contributed by atoms with Crippen molar-refractivity contribution >= 4 is 29.9 Å². The lowest BCUT2D eigenvalue weighted by Gasteiger charge is -2.17. The predicted molar refractivity (Wildman–Crippen MR) is 146 cm³/mol. The second kappa shape index (κ2) is 17.2. The Labute approximate surface area is 215 Å². The van der Waals surface area contributed by atoms with Crippen molar-refractivity contribution in [3.05, 3.63) is 72.3 Å². The molecule has 0 aliphatic carbocycles. The molecule has 0 bridgehead atoms. The smallest absolute Gasteiger partial charge is 0.191 e. The number of likely N-dealkylation sites (N-methyl/N-ethyl adjacent to an activating group) is 1. The molecule has 182 valence electrons. The molecule has 2 aromatic carbocycles. The highest BCUT2D eigenvalue weighted by molar-refractivity contribution is 14.0. The highest BCUT2D eigenvalue weighted by Gasteiger charge is 2.05. The summed E-state index contributed by atoms with van der Waals surface area (Å²) in [6.45, 7) is 8.51. The normalized spacial score (nSPS) is 11.0. The number of nitrogens with one attached hydrogen (secondary N) is 2. The van der Waals surface area contributed by atoms with Crippen LogP contribution in [-0.2, 0) is 17.8 Å². The molecule has 0 unspecified atom stereocenters. The molecule has 2 aromatic rings. The van der Waals surface area contributed by atoms with Crippen LogP contribution in [0.3, 0.4) is 0 Å². The number of methoxy groups -OCH3 is 1. The highest BCUT2D eigenvalue weighted by Crippen LogP contribution is 2.17. The van der Waals surface area contributed by atoms with Crippen LogP contribution in [-0.4, -0.2) is 65.0 Å². The lowest BCUT2D eigenvalue weighted by Crippen LogP contribution is -2.36. The third kappa shape index (κ3) is 11.4. The van der Waals surface area contributed by atoms with E-state index in [4.69, 9.17) is 14.2 Å². The Morgan fingerprint density at radius 2 is 1.79 bits per heavy atom. The summed E-state index contributed by atoms with van der Waals surface area (Å²) in [5.74, 6) is 2.42. The van der Waals surface area contributed by atoms with E-state index in [2.05, 4.69) is 40.2 Å². The molecule has 0 heterocycles. The van der Waals surface area contributed by atoms with E-state index in [1.807, 2.05) is 42.5 Å². The van der Waals surface area contributed by atoms with Gasteiger partial charge in [-0.15, -0.1) is 24.0 Å². The number of hydrogen-bond acceptors (Lipinski definition) is 5. The molecule has 0 saturated carbocycles. The van der Waals surface area contributed by atoms with Crippen LogP contribution in [0.25, 0.3) is 0 Å². The zero-order chi connectivity index (χ0) is 23.0. The van der Waals surface area contributed by atoms with Crippen molar-refractivity contribution in [1.82, 2.24) is 15.5 Å². The van der Waals surface area contributed by atoms with Gasteiger partial charge < -0.3 is 29.7 Å². The zero-order valence-corrected chi connectivity index (χ0v) is 22.2. The summed E-state index contributed by atoms with van der Waals surface area (Å²) in [6.07, 6.45) is 1.74. The fraction of sp³-hybridized carbons (Fsp3) is 0.400. The molecule has 0 saturated heterocycles. The SMILES string of the molecule is C=CCOc1ccccc1CNC(=NC)NCc1cccc(OCCN(C)CCOC)c1.I. The van der Waals surface area contributed by atoms with Gasteiger partial charge in [-0.2, -0.15) is 0 Å². The second-order valence-electron chi connectivity index (χ2n) is 7.28. The van der Waals surface area contributed by atoms with Gasteiger partial charge in [-0.25, -0.2) is 0 Å². The number of ether oxygens (including phenoxy) is 3. The first-order chi connectivity index (χ1) is 15.7. The molecular formula is C25H37IN4O3. The number of guanidine groups is 1. The summed E-state index contributed by atoms with van der Waals surface area (Å²) in [6, 6.07) is 16.0. The number of aliphatic imine (C=N–C) groups is 1. The van der Waals surface area contributed by atoms with Gasteiger partial charge in [0.15, 0.2) is 5.96 Å². The molecule has 0 amide bonds. The summed E-state index contributed by atoms with van der Waals surface area (Å²) in [4.78, 5) is 6.50. The Hall–Kier alpha value is -2.30. The Bertz CT molecular complexity index is 848. The molecule has 0 aliphatic heterocycles. The molecular weight excluding hydrogens is 531 g/mol. The van der Waals surface area contributed by atoms with Crippen molar-refractivity contribution in [2.45, 2.75) is 13.1 Å². The molecule has 2 rings (SSSR count). The maximum absolute atomic E-state index is 5.90. The topological polar surface area (TPSA) is 67.3 Å². The number of benzene rings is 2. The zero-order valence-electron chi connectivity index (χ0n) is 19.9. The number of rotatable bonds is 14. The first-order valence-electron chi connectivity index (χ1n) is 10.8. The first-order valence-corrected chi connectivity index (χ1v) is 10.8. The second-order valence-corrected chi connectivity index (χ2v) is 7.28. The third-order valence-corrected chi connectivity index (χ3v) is 4.78. The molecule has 0 aliphatic rings. The van der Waals surface area contributed by atoms with E-state index in [1.165, 1.54) is 0 Å². The van der Waals surface area contributed by atoms with Crippen LogP contribution in [0.5, 0.6) is 11.5 Å².